The number of benzene rings is 1. The smallest absolute Gasteiger partial charge is 0.303 e. The summed E-state index contributed by atoms with van der Waals surface area (Å²) in [5, 5.41) is 4.60. The van der Waals surface area contributed by atoms with Crippen LogP contribution in [0, 0.1) is 0 Å². The number of aromatic nitrogens is 2. The zero-order chi connectivity index (χ0) is 18.7. The summed E-state index contributed by atoms with van der Waals surface area (Å²) >= 11 is 6.17. The van der Waals surface area contributed by atoms with E-state index in [-0.39, 0.29) is 11.8 Å². The fourth-order valence-corrected chi connectivity index (χ4v) is 3.28. The van der Waals surface area contributed by atoms with Gasteiger partial charge in [-0.3, -0.25) is 9.59 Å². The highest BCUT2D eigenvalue weighted by molar-refractivity contribution is 6.33. The molecule has 7 nitrogen and oxygen atoms in total. The number of hydrogen-bond acceptors (Lipinski definition) is 6. The number of rotatable bonds is 4. The van der Waals surface area contributed by atoms with Gasteiger partial charge in [-0.1, -0.05) is 28.9 Å². The van der Waals surface area contributed by atoms with Gasteiger partial charge < -0.3 is 14.2 Å². The van der Waals surface area contributed by atoms with E-state index in [0.29, 0.717) is 42.7 Å². The lowest BCUT2D eigenvalue weighted by Crippen LogP contribution is -2.43. The Balaban J connectivity index is 1.61. The summed E-state index contributed by atoms with van der Waals surface area (Å²) < 4.78 is 10.4. The maximum Gasteiger partial charge on any atom is 0.303 e. The van der Waals surface area contributed by atoms with Crippen molar-refractivity contribution in [2.75, 3.05) is 13.1 Å². The quantitative estimate of drug-likeness (QED) is 0.761. The Bertz CT molecular complexity index is 799. The van der Waals surface area contributed by atoms with E-state index in [9.17, 15) is 9.59 Å². The molecule has 1 aromatic heterocycles. The summed E-state index contributed by atoms with van der Waals surface area (Å²) in [7, 11) is 0. The van der Waals surface area contributed by atoms with Crippen LogP contribution >= 0.6 is 11.6 Å². The van der Waals surface area contributed by atoms with Gasteiger partial charge in [0.2, 0.25) is 11.7 Å². The molecule has 0 bridgehead atoms. The first-order valence-corrected chi connectivity index (χ1v) is 8.88. The van der Waals surface area contributed by atoms with Gasteiger partial charge in [-0.15, -0.1) is 0 Å². The predicted octanol–water partition coefficient (Wildman–Crippen LogP) is 3.05. The normalized spacial score (nSPS) is 16.3. The van der Waals surface area contributed by atoms with Crippen LogP contribution in [0.25, 0.3) is 11.4 Å². The molecule has 1 aliphatic rings. The third-order valence-electron chi connectivity index (χ3n) is 4.40. The molecule has 0 spiro atoms. The summed E-state index contributed by atoms with van der Waals surface area (Å²) in [5.41, 5.74) is 0.729. The number of likely N-dealkylation sites (tertiary alicyclic amines) is 1. The molecule has 1 fully saturated rings. The van der Waals surface area contributed by atoms with E-state index in [1.807, 2.05) is 18.2 Å². The second kappa shape index (κ2) is 7.86. The number of esters is 1. The number of ether oxygens (including phenoxy) is 1. The molecule has 1 saturated heterocycles. The average molecular weight is 378 g/mol. The molecule has 1 amide bonds. The van der Waals surface area contributed by atoms with Crippen LogP contribution in [0.2, 0.25) is 5.02 Å². The Morgan fingerprint density at radius 3 is 2.65 bits per heavy atom. The molecule has 1 aromatic carbocycles. The van der Waals surface area contributed by atoms with Crippen LogP contribution in [0.15, 0.2) is 28.8 Å². The fraction of sp³-hybridized carbons (Fsp3) is 0.444. The van der Waals surface area contributed by atoms with E-state index < -0.39 is 12.1 Å². The Morgan fingerprint density at radius 1 is 1.31 bits per heavy atom. The summed E-state index contributed by atoms with van der Waals surface area (Å²) in [6, 6.07) is 7.33. The fourth-order valence-electron chi connectivity index (χ4n) is 3.06. The van der Waals surface area contributed by atoms with Gasteiger partial charge >= 0.3 is 5.97 Å². The van der Waals surface area contributed by atoms with E-state index in [1.54, 1.807) is 17.9 Å². The molecule has 0 aliphatic carbocycles. The SMILES string of the molecule is CC(=O)O[C@@H](C)C(=O)N1CCC(c2nc(-c3ccccc3Cl)no2)CC1. The molecule has 138 valence electrons. The van der Waals surface area contributed by atoms with E-state index in [2.05, 4.69) is 10.1 Å². The zero-order valence-electron chi connectivity index (χ0n) is 14.6. The van der Waals surface area contributed by atoms with Crippen LogP contribution in [-0.2, 0) is 14.3 Å². The van der Waals surface area contributed by atoms with Crippen molar-refractivity contribution >= 4 is 23.5 Å². The van der Waals surface area contributed by atoms with Gasteiger partial charge in [0.05, 0.1) is 5.02 Å². The summed E-state index contributed by atoms with van der Waals surface area (Å²) in [4.78, 5) is 29.5. The average Bonchev–Trinajstić information content (AvgIpc) is 3.11. The summed E-state index contributed by atoms with van der Waals surface area (Å²) in [5.74, 6) is 0.471. The topological polar surface area (TPSA) is 85.5 Å². The van der Waals surface area contributed by atoms with Gasteiger partial charge in [0.1, 0.15) is 0 Å². The van der Waals surface area contributed by atoms with Gasteiger partial charge in [-0.2, -0.15) is 4.98 Å². The minimum absolute atomic E-state index is 0.0896. The molecule has 0 unspecified atom stereocenters. The molecule has 2 heterocycles. The van der Waals surface area contributed by atoms with Gasteiger partial charge in [-0.05, 0) is 31.9 Å². The molecule has 8 heteroatoms. The number of hydrogen-bond donors (Lipinski definition) is 0. The van der Waals surface area contributed by atoms with Gasteiger partial charge in [0.25, 0.3) is 5.91 Å². The van der Waals surface area contributed by atoms with Gasteiger partial charge in [0.15, 0.2) is 6.10 Å². The lowest BCUT2D eigenvalue weighted by molar-refractivity contribution is -0.157. The maximum atomic E-state index is 12.3. The lowest BCUT2D eigenvalue weighted by Gasteiger charge is -2.31. The van der Waals surface area contributed by atoms with Crippen molar-refractivity contribution < 1.29 is 18.8 Å². The molecule has 3 rings (SSSR count). The molecule has 0 radical (unpaired) electrons. The number of amides is 1. The van der Waals surface area contributed by atoms with E-state index >= 15 is 0 Å². The van der Waals surface area contributed by atoms with Gasteiger partial charge in [0, 0.05) is 31.5 Å². The Hall–Kier alpha value is -2.41. The first-order chi connectivity index (χ1) is 12.5. The first kappa shape index (κ1) is 18.4. The lowest BCUT2D eigenvalue weighted by atomic mass is 9.96. The number of halogens is 1. The highest BCUT2D eigenvalue weighted by atomic mass is 35.5. The number of piperidine rings is 1. The third kappa shape index (κ3) is 4.04. The third-order valence-corrected chi connectivity index (χ3v) is 4.73. The van der Waals surface area contributed by atoms with E-state index in [1.165, 1.54) is 6.92 Å². The van der Waals surface area contributed by atoms with Crippen LogP contribution in [-0.4, -0.2) is 46.1 Å². The van der Waals surface area contributed by atoms with Crippen molar-refractivity contribution in [1.29, 1.82) is 0 Å². The van der Waals surface area contributed by atoms with Crippen molar-refractivity contribution in [2.24, 2.45) is 0 Å². The van der Waals surface area contributed by atoms with Crippen LogP contribution in [0.5, 0.6) is 0 Å². The molecule has 2 aromatic rings. The number of carbonyl (C=O) groups excluding carboxylic acids is 2. The molecule has 0 N–H and O–H groups in total. The standard InChI is InChI=1S/C18H20ClN3O4/c1-11(25-12(2)23)18(24)22-9-7-13(8-10-22)17-20-16(21-26-17)14-5-3-4-6-15(14)19/h3-6,11,13H,7-10H2,1-2H3/t11-/m0/s1. The minimum atomic E-state index is -0.765. The van der Waals surface area contributed by atoms with Crippen molar-refractivity contribution in [3.63, 3.8) is 0 Å². The number of nitrogens with zero attached hydrogens (tertiary/aromatic N) is 3. The van der Waals surface area contributed by atoms with Crippen molar-refractivity contribution in [1.82, 2.24) is 15.0 Å². The molecule has 0 saturated carbocycles. The number of carbonyl (C=O) groups is 2. The van der Waals surface area contributed by atoms with Crippen LogP contribution in [0.4, 0.5) is 0 Å². The van der Waals surface area contributed by atoms with Gasteiger partial charge in [-0.25, -0.2) is 0 Å². The van der Waals surface area contributed by atoms with E-state index in [4.69, 9.17) is 20.9 Å². The molecule has 1 atom stereocenters. The van der Waals surface area contributed by atoms with Crippen LogP contribution in [0.1, 0.15) is 38.5 Å². The minimum Gasteiger partial charge on any atom is -0.453 e. The highest BCUT2D eigenvalue weighted by Crippen LogP contribution is 2.30. The predicted molar refractivity (Wildman–Crippen MR) is 94.5 cm³/mol. The summed E-state index contributed by atoms with van der Waals surface area (Å²) in [6.07, 6.45) is 0.657. The van der Waals surface area contributed by atoms with Crippen LogP contribution < -0.4 is 0 Å². The second-order valence-electron chi connectivity index (χ2n) is 6.29. The molecular formula is C18H20ClN3O4. The highest BCUT2D eigenvalue weighted by Gasteiger charge is 2.30. The summed E-state index contributed by atoms with van der Waals surface area (Å²) in [6.45, 7) is 3.99. The molecule has 26 heavy (non-hydrogen) atoms. The molecule has 1 aliphatic heterocycles. The monoisotopic (exact) mass is 377 g/mol. The Kier molecular flexibility index (Phi) is 5.56. The molecular weight excluding hydrogens is 358 g/mol. The zero-order valence-corrected chi connectivity index (χ0v) is 15.4. The Labute approximate surface area is 156 Å². The van der Waals surface area contributed by atoms with Crippen molar-refractivity contribution in [3.8, 4) is 11.4 Å². The van der Waals surface area contributed by atoms with Crippen molar-refractivity contribution in [2.45, 2.75) is 38.7 Å². The first-order valence-electron chi connectivity index (χ1n) is 8.50. The maximum absolute atomic E-state index is 12.3. The van der Waals surface area contributed by atoms with Crippen molar-refractivity contribution in [3.05, 3.63) is 35.2 Å². The largest absolute Gasteiger partial charge is 0.453 e. The second-order valence-corrected chi connectivity index (χ2v) is 6.69. The Morgan fingerprint density at radius 2 is 2.00 bits per heavy atom. The van der Waals surface area contributed by atoms with Crippen LogP contribution in [0.3, 0.4) is 0 Å². The van der Waals surface area contributed by atoms with E-state index in [0.717, 1.165) is 5.56 Å².